The van der Waals surface area contributed by atoms with Gasteiger partial charge in [-0.05, 0) is 25.1 Å². The molecule has 0 radical (unpaired) electrons. The summed E-state index contributed by atoms with van der Waals surface area (Å²) in [5.41, 5.74) is 3.35. The Morgan fingerprint density at radius 1 is 1.25 bits per heavy atom. The fourth-order valence-electron chi connectivity index (χ4n) is 2.25. The van der Waals surface area contributed by atoms with Crippen molar-refractivity contribution in [3.63, 3.8) is 0 Å². The Morgan fingerprint density at radius 2 is 2.15 bits per heavy atom. The molecule has 1 aromatic carbocycles. The number of para-hydroxylation sites is 2. The number of aromatic nitrogens is 5. The van der Waals surface area contributed by atoms with Crippen LogP contribution in [0.2, 0.25) is 0 Å². The molecule has 6 nitrogen and oxygen atoms in total. The van der Waals surface area contributed by atoms with Crippen LogP contribution >= 0.6 is 0 Å². The first-order chi connectivity index (χ1) is 9.84. The average Bonchev–Trinajstić information content (AvgIpc) is 3.06. The van der Waals surface area contributed by atoms with Gasteiger partial charge in [0.2, 0.25) is 0 Å². The maximum atomic E-state index is 4.39. The van der Waals surface area contributed by atoms with Crippen LogP contribution in [0.5, 0.6) is 0 Å². The van der Waals surface area contributed by atoms with E-state index in [1.165, 1.54) is 5.52 Å². The zero-order valence-electron chi connectivity index (χ0n) is 11.5. The molecule has 0 bridgehead atoms. The molecule has 0 saturated heterocycles. The first-order valence-electron chi connectivity index (χ1n) is 6.79. The third-order valence-electron chi connectivity index (χ3n) is 3.39. The number of hydrogen-bond donors (Lipinski definition) is 1. The monoisotopic (exact) mass is 270 g/mol. The lowest BCUT2D eigenvalue weighted by molar-refractivity contribution is 0.568. The Hall–Kier alpha value is -2.21. The molecular formula is C14H18N6. The van der Waals surface area contributed by atoms with Gasteiger partial charge in [0.15, 0.2) is 0 Å². The van der Waals surface area contributed by atoms with Crippen LogP contribution in [0, 0.1) is 0 Å². The van der Waals surface area contributed by atoms with Crippen molar-refractivity contribution >= 4 is 11.0 Å². The molecule has 6 heteroatoms. The second-order valence-corrected chi connectivity index (χ2v) is 4.81. The van der Waals surface area contributed by atoms with Gasteiger partial charge >= 0.3 is 0 Å². The van der Waals surface area contributed by atoms with Crippen molar-refractivity contribution < 1.29 is 0 Å². The molecule has 104 valence electrons. The number of aryl methyl sites for hydroxylation is 2. The SMILES string of the molecule is Cn1nncc1CNCCCn1cnc2ccccc21. The Labute approximate surface area is 117 Å². The lowest BCUT2D eigenvalue weighted by Crippen LogP contribution is -2.18. The summed E-state index contributed by atoms with van der Waals surface area (Å²) in [5.74, 6) is 0. The van der Waals surface area contributed by atoms with Crippen molar-refractivity contribution in [2.24, 2.45) is 7.05 Å². The molecule has 0 spiro atoms. The minimum Gasteiger partial charge on any atom is -0.331 e. The highest BCUT2D eigenvalue weighted by atomic mass is 15.4. The standard InChI is InChI=1S/C14H18N6/c1-19-12(10-17-18-19)9-15-7-4-8-20-11-16-13-5-2-3-6-14(13)20/h2-3,5-6,10-11,15H,4,7-9H2,1H3. The molecule has 0 aliphatic rings. The average molecular weight is 270 g/mol. The van der Waals surface area contributed by atoms with Gasteiger partial charge in [0, 0.05) is 20.1 Å². The minimum absolute atomic E-state index is 0.800. The number of rotatable bonds is 6. The first-order valence-corrected chi connectivity index (χ1v) is 6.79. The van der Waals surface area contributed by atoms with Crippen molar-refractivity contribution in [2.45, 2.75) is 19.5 Å². The number of nitrogens with one attached hydrogen (secondary N) is 1. The van der Waals surface area contributed by atoms with Gasteiger partial charge in [-0.25, -0.2) is 4.98 Å². The molecule has 0 atom stereocenters. The number of fused-ring (bicyclic) bond motifs is 1. The van der Waals surface area contributed by atoms with E-state index in [0.717, 1.165) is 37.3 Å². The molecule has 20 heavy (non-hydrogen) atoms. The first kappa shape index (κ1) is 12.8. The highest BCUT2D eigenvalue weighted by molar-refractivity contribution is 5.74. The van der Waals surface area contributed by atoms with Crippen molar-refractivity contribution in [1.29, 1.82) is 0 Å². The van der Waals surface area contributed by atoms with E-state index in [1.54, 1.807) is 10.9 Å². The van der Waals surface area contributed by atoms with Crippen LogP contribution < -0.4 is 5.32 Å². The molecule has 0 amide bonds. The van der Waals surface area contributed by atoms with E-state index in [4.69, 9.17) is 0 Å². The summed E-state index contributed by atoms with van der Waals surface area (Å²) in [6.07, 6.45) is 4.76. The van der Waals surface area contributed by atoms with Gasteiger partial charge in [0.1, 0.15) is 0 Å². The zero-order chi connectivity index (χ0) is 13.8. The highest BCUT2D eigenvalue weighted by Crippen LogP contribution is 2.11. The molecule has 0 aliphatic carbocycles. The van der Waals surface area contributed by atoms with Crippen LogP contribution in [0.3, 0.4) is 0 Å². The lowest BCUT2D eigenvalue weighted by Gasteiger charge is -2.06. The molecule has 0 unspecified atom stereocenters. The Bertz CT molecular complexity index is 684. The van der Waals surface area contributed by atoms with Crippen LogP contribution in [0.15, 0.2) is 36.8 Å². The Balaban J connectivity index is 1.47. The summed E-state index contributed by atoms with van der Waals surface area (Å²) in [5, 5.41) is 11.2. The van der Waals surface area contributed by atoms with E-state index in [0.29, 0.717) is 0 Å². The number of hydrogen-bond acceptors (Lipinski definition) is 4. The van der Waals surface area contributed by atoms with E-state index < -0.39 is 0 Å². The third kappa shape index (κ3) is 2.70. The fraction of sp³-hybridized carbons (Fsp3) is 0.357. The fourth-order valence-corrected chi connectivity index (χ4v) is 2.25. The summed E-state index contributed by atoms with van der Waals surface area (Å²) >= 11 is 0. The van der Waals surface area contributed by atoms with Gasteiger partial charge < -0.3 is 9.88 Å². The number of benzene rings is 1. The quantitative estimate of drug-likeness (QED) is 0.687. The van der Waals surface area contributed by atoms with Crippen molar-refractivity contribution in [3.8, 4) is 0 Å². The lowest BCUT2D eigenvalue weighted by atomic mass is 10.3. The molecule has 0 fully saturated rings. The minimum atomic E-state index is 0.800. The molecular weight excluding hydrogens is 252 g/mol. The van der Waals surface area contributed by atoms with Crippen molar-refractivity contribution in [2.75, 3.05) is 6.54 Å². The molecule has 3 aromatic rings. The second kappa shape index (κ2) is 5.83. The van der Waals surface area contributed by atoms with E-state index in [9.17, 15) is 0 Å². The Morgan fingerprint density at radius 3 is 3.00 bits per heavy atom. The number of nitrogens with zero attached hydrogens (tertiary/aromatic N) is 5. The largest absolute Gasteiger partial charge is 0.331 e. The van der Waals surface area contributed by atoms with Gasteiger partial charge in [-0.3, -0.25) is 4.68 Å². The van der Waals surface area contributed by atoms with Gasteiger partial charge in [0.25, 0.3) is 0 Å². The Kier molecular flexibility index (Phi) is 3.73. The van der Waals surface area contributed by atoms with Crippen LogP contribution in [-0.4, -0.2) is 31.1 Å². The molecule has 1 N–H and O–H groups in total. The van der Waals surface area contributed by atoms with Crippen LogP contribution in [0.25, 0.3) is 11.0 Å². The van der Waals surface area contributed by atoms with Gasteiger partial charge in [-0.2, -0.15) is 0 Å². The summed E-state index contributed by atoms with van der Waals surface area (Å²) in [4.78, 5) is 4.39. The van der Waals surface area contributed by atoms with Crippen molar-refractivity contribution in [3.05, 3.63) is 42.5 Å². The summed E-state index contributed by atoms with van der Waals surface area (Å²) in [7, 11) is 1.90. The van der Waals surface area contributed by atoms with Crippen LogP contribution in [-0.2, 0) is 20.1 Å². The van der Waals surface area contributed by atoms with E-state index in [1.807, 2.05) is 31.6 Å². The van der Waals surface area contributed by atoms with E-state index >= 15 is 0 Å². The van der Waals surface area contributed by atoms with Crippen molar-refractivity contribution in [1.82, 2.24) is 29.9 Å². The molecule has 2 aromatic heterocycles. The molecule has 0 saturated carbocycles. The molecule has 2 heterocycles. The normalized spacial score (nSPS) is 11.2. The number of imidazole rings is 1. The molecule has 0 aliphatic heterocycles. The van der Waals surface area contributed by atoms with Gasteiger partial charge in [-0.15, -0.1) is 5.10 Å². The summed E-state index contributed by atoms with van der Waals surface area (Å²) in [6.45, 7) is 2.73. The van der Waals surface area contributed by atoms with Gasteiger partial charge in [0.05, 0.1) is 29.3 Å². The van der Waals surface area contributed by atoms with E-state index in [2.05, 4.69) is 31.2 Å². The van der Waals surface area contributed by atoms with Gasteiger partial charge in [-0.1, -0.05) is 17.3 Å². The summed E-state index contributed by atoms with van der Waals surface area (Å²) in [6, 6.07) is 8.22. The maximum Gasteiger partial charge on any atom is 0.0958 e. The predicted molar refractivity (Wildman–Crippen MR) is 77.1 cm³/mol. The second-order valence-electron chi connectivity index (χ2n) is 4.81. The highest BCUT2D eigenvalue weighted by Gasteiger charge is 2.01. The van der Waals surface area contributed by atoms with Crippen LogP contribution in [0.4, 0.5) is 0 Å². The van der Waals surface area contributed by atoms with Crippen LogP contribution in [0.1, 0.15) is 12.1 Å². The topological polar surface area (TPSA) is 60.6 Å². The predicted octanol–water partition coefficient (Wildman–Crippen LogP) is 1.34. The summed E-state index contributed by atoms with van der Waals surface area (Å²) < 4.78 is 3.99. The maximum absolute atomic E-state index is 4.39. The zero-order valence-corrected chi connectivity index (χ0v) is 11.5. The third-order valence-corrected chi connectivity index (χ3v) is 3.39. The van der Waals surface area contributed by atoms with E-state index in [-0.39, 0.29) is 0 Å². The smallest absolute Gasteiger partial charge is 0.0958 e. The molecule has 3 rings (SSSR count).